The molecule has 10 heteroatoms. The van der Waals surface area contributed by atoms with Gasteiger partial charge in [0.05, 0.1) is 52.8 Å². The summed E-state index contributed by atoms with van der Waals surface area (Å²) in [6, 6.07) is 27.3. The van der Waals surface area contributed by atoms with E-state index in [0.29, 0.717) is 55.1 Å². The van der Waals surface area contributed by atoms with Gasteiger partial charge < -0.3 is 18.6 Å². The van der Waals surface area contributed by atoms with Crippen molar-refractivity contribution in [3.05, 3.63) is 116 Å². The van der Waals surface area contributed by atoms with Crippen molar-refractivity contribution in [2.45, 2.75) is 6.61 Å². The van der Waals surface area contributed by atoms with Gasteiger partial charge in [0.25, 0.3) is 5.56 Å². The van der Waals surface area contributed by atoms with Gasteiger partial charge in [0.1, 0.15) is 17.9 Å². The number of ether oxygens (including phenoxy) is 3. The molecule has 0 saturated carbocycles. The highest BCUT2D eigenvalue weighted by atomic mass is 79.9. The van der Waals surface area contributed by atoms with E-state index >= 15 is 0 Å². The number of rotatable bonds is 8. The van der Waals surface area contributed by atoms with Crippen molar-refractivity contribution in [1.82, 2.24) is 9.66 Å². The van der Waals surface area contributed by atoms with Gasteiger partial charge in [-0.25, -0.2) is 4.98 Å². The van der Waals surface area contributed by atoms with Crippen LogP contribution in [0, 0.1) is 11.3 Å². The summed E-state index contributed by atoms with van der Waals surface area (Å²) in [5.41, 5.74) is 2.68. The topological polar surface area (TPSA) is 112 Å². The summed E-state index contributed by atoms with van der Waals surface area (Å²) in [5, 5.41) is 15.1. The smallest absolute Gasteiger partial charge is 0.282 e. The average molecular weight is 635 g/mol. The molecule has 43 heavy (non-hydrogen) atoms. The Morgan fingerprint density at radius 1 is 0.977 bits per heavy atom. The molecule has 9 nitrogen and oxygen atoms in total. The van der Waals surface area contributed by atoms with Gasteiger partial charge >= 0.3 is 0 Å². The van der Waals surface area contributed by atoms with E-state index in [-0.39, 0.29) is 18.0 Å². The summed E-state index contributed by atoms with van der Waals surface area (Å²) >= 11 is 3.57. The number of methoxy groups -OCH3 is 2. The minimum absolute atomic E-state index is 0.177. The molecule has 0 amide bonds. The van der Waals surface area contributed by atoms with E-state index in [1.165, 1.54) is 18.0 Å². The number of benzene rings is 4. The number of halogens is 1. The molecule has 0 radical (unpaired) electrons. The van der Waals surface area contributed by atoms with E-state index < -0.39 is 0 Å². The first kappa shape index (κ1) is 27.8. The average Bonchev–Trinajstić information content (AvgIpc) is 3.48. The molecule has 0 N–H and O–H groups in total. The van der Waals surface area contributed by atoms with Crippen LogP contribution in [0.15, 0.2) is 104 Å². The van der Waals surface area contributed by atoms with Crippen LogP contribution >= 0.6 is 15.9 Å². The number of furan rings is 1. The number of nitriles is 1. The fourth-order valence-electron chi connectivity index (χ4n) is 4.70. The molecule has 6 aromatic rings. The van der Waals surface area contributed by atoms with Crippen LogP contribution in [0.2, 0.25) is 0 Å². The van der Waals surface area contributed by atoms with E-state index in [9.17, 15) is 10.1 Å². The second-order valence-corrected chi connectivity index (χ2v) is 10.2. The zero-order valence-corrected chi connectivity index (χ0v) is 24.7. The first-order valence-electron chi connectivity index (χ1n) is 13.1. The summed E-state index contributed by atoms with van der Waals surface area (Å²) in [6.45, 7) is 0.177. The molecule has 0 aliphatic rings. The lowest BCUT2D eigenvalue weighted by molar-refractivity contribution is 0.282. The van der Waals surface area contributed by atoms with Crippen LogP contribution in [0.1, 0.15) is 16.7 Å². The number of nitrogens with zero attached hydrogens (tertiary/aromatic N) is 4. The maximum atomic E-state index is 13.7. The molecule has 0 fully saturated rings. The lowest BCUT2D eigenvalue weighted by Crippen LogP contribution is -2.20. The van der Waals surface area contributed by atoms with E-state index in [1.54, 1.807) is 55.6 Å². The highest BCUT2D eigenvalue weighted by Gasteiger charge is 2.18. The Kier molecular flexibility index (Phi) is 7.64. The third kappa shape index (κ3) is 5.34. The highest BCUT2D eigenvalue weighted by molar-refractivity contribution is 9.10. The van der Waals surface area contributed by atoms with Gasteiger partial charge in [0.2, 0.25) is 5.82 Å². The third-order valence-corrected chi connectivity index (χ3v) is 7.39. The normalized spacial score (nSPS) is 11.2. The Bertz CT molecular complexity index is 2130. The minimum Gasteiger partial charge on any atom is -0.496 e. The van der Waals surface area contributed by atoms with Crippen LogP contribution in [0.25, 0.3) is 33.5 Å². The maximum absolute atomic E-state index is 13.7. The molecule has 4 aromatic carbocycles. The van der Waals surface area contributed by atoms with Gasteiger partial charge in [-0.05, 0) is 70.0 Å². The monoisotopic (exact) mass is 634 g/mol. The van der Waals surface area contributed by atoms with Crippen molar-refractivity contribution in [2.75, 3.05) is 14.2 Å². The quantitative estimate of drug-likeness (QED) is 0.167. The van der Waals surface area contributed by atoms with Gasteiger partial charge in [0, 0.05) is 5.56 Å². The SMILES string of the molecule is COc1cc(C=Nn2c(-c3cc4c(OC)cccc4o3)nc3ccccc3c2=O)cc(Br)c1OCc1ccccc1C#N. The van der Waals surface area contributed by atoms with Gasteiger partial charge in [-0.1, -0.05) is 36.4 Å². The van der Waals surface area contributed by atoms with Crippen molar-refractivity contribution >= 4 is 44.0 Å². The van der Waals surface area contributed by atoms with Gasteiger partial charge in [0.15, 0.2) is 17.3 Å². The van der Waals surface area contributed by atoms with Crippen LogP contribution in [-0.4, -0.2) is 30.1 Å². The lowest BCUT2D eigenvalue weighted by Gasteiger charge is -2.14. The second kappa shape index (κ2) is 11.8. The zero-order valence-electron chi connectivity index (χ0n) is 23.1. The molecule has 0 bridgehead atoms. The summed E-state index contributed by atoms with van der Waals surface area (Å²) in [6.07, 6.45) is 1.53. The Balaban J connectivity index is 1.40. The molecule has 2 heterocycles. The first-order chi connectivity index (χ1) is 21.0. The maximum Gasteiger partial charge on any atom is 0.282 e. The highest BCUT2D eigenvalue weighted by Crippen LogP contribution is 2.37. The van der Waals surface area contributed by atoms with Crippen molar-refractivity contribution < 1.29 is 18.6 Å². The molecule has 0 aliphatic carbocycles. The van der Waals surface area contributed by atoms with E-state index in [1.807, 2.05) is 36.4 Å². The lowest BCUT2D eigenvalue weighted by atomic mass is 10.1. The summed E-state index contributed by atoms with van der Waals surface area (Å²) in [5.74, 6) is 2.15. The Morgan fingerprint density at radius 2 is 1.77 bits per heavy atom. The molecule has 0 spiro atoms. The number of hydrogen-bond donors (Lipinski definition) is 0. The summed E-state index contributed by atoms with van der Waals surface area (Å²) in [7, 11) is 3.12. The van der Waals surface area contributed by atoms with Crippen LogP contribution in [0.3, 0.4) is 0 Å². The predicted molar refractivity (Wildman–Crippen MR) is 167 cm³/mol. The molecular formula is C33H23BrN4O5. The fourth-order valence-corrected chi connectivity index (χ4v) is 5.27. The largest absolute Gasteiger partial charge is 0.496 e. The van der Waals surface area contributed by atoms with Crippen molar-refractivity contribution in [2.24, 2.45) is 5.10 Å². The predicted octanol–water partition coefficient (Wildman–Crippen LogP) is 6.92. The van der Waals surface area contributed by atoms with Gasteiger partial charge in [-0.3, -0.25) is 4.79 Å². The van der Waals surface area contributed by atoms with Gasteiger partial charge in [-0.15, -0.1) is 0 Å². The van der Waals surface area contributed by atoms with Crippen LogP contribution in [0.4, 0.5) is 0 Å². The number of fused-ring (bicyclic) bond motifs is 2. The Morgan fingerprint density at radius 3 is 2.58 bits per heavy atom. The van der Waals surface area contributed by atoms with Crippen molar-refractivity contribution in [3.8, 4) is 34.9 Å². The number of hydrogen-bond acceptors (Lipinski definition) is 8. The van der Waals surface area contributed by atoms with Crippen molar-refractivity contribution in [3.63, 3.8) is 0 Å². The number of para-hydroxylation sites is 1. The van der Waals surface area contributed by atoms with E-state index in [0.717, 1.165) is 10.9 Å². The molecular weight excluding hydrogens is 612 g/mol. The summed E-state index contributed by atoms with van der Waals surface area (Å²) < 4.78 is 25.1. The van der Waals surface area contributed by atoms with Crippen LogP contribution in [-0.2, 0) is 6.61 Å². The molecule has 212 valence electrons. The number of aromatic nitrogens is 2. The van der Waals surface area contributed by atoms with Gasteiger partial charge in [-0.2, -0.15) is 15.0 Å². The second-order valence-electron chi connectivity index (χ2n) is 9.39. The molecule has 2 aromatic heterocycles. The van der Waals surface area contributed by atoms with Crippen molar-refractivity contribution in [1.29, 1.82) is 5.26 Å². The fraction of sp³-hybridized carbons (Fsp3) is 0.0909. The molecule has 0 aliphatic heterocycles. The zero-order chi connectivity index (χ0) is 29.9. The summed E-state index contributed by atoms with van der Waals surface area (Å²) in [4.78, 5) is 18.4. The standard InChI is InChI=1S/C33H23BrN4O5/c1-40-27-12-7-13-28-24(27)16-30(43-28)32-37-26-11-6-5-10-23(26)33(39)38(32)36-18-20-14-25(34)31(29(15-20)41-2)42-19-22-9-4-3-8-21(22)17-35/h3-16,18H,19H2,1-2H3. The Labute approximate surface area is 254 Å². The first-order valence-corrected chi connectivity index (χ1v) is 13.9. The minimum atomic E-state index is -0.355. The van der Waals surface area contributed by atoms with Crippen LogP contribution < -0.4 is 19.8 Å². The Hall–Kier alpha value is -5.40. The molecule has 0 unspecified atom stereocenters. The van der Waals surface area contributed by atoms with E-state index in [4.69, 9.17) is 23.6 Å². The molecule has 6 rings (SSSR count). The van der Waals surface area contributed by atoms with Crippen LogP contribution in [0.5, 0.6) is 17.2 Å². The molecule has 0 atom stereocenters. The third-order valence-electron chi connectivity index (χ3n) is 6.80. The molecule has 0 saturated heterocycles. The van der Waals surface area contributed by atoms with E-state index in [2.05, 4.69) is 27.1 Å².